The summed E-state index contributed by atoms with van der Waals surface area (Å²) in [5, 5.41) is 11.4. The van der Waals surface area contributed by atoms with Gasteiger partial charge in [0.1, 0.15) is 5.76 Å². The van der Waals surface area contributed by atoms with Crippen molar-refractivity contribution in [3.8, 4) is 11.5 Å². The van der Waals surface area contributed by atoms with Gasteiger partial charge in [-0.3, -0.25) is 0 Å². The molecule has 0 bridgehead atoms. The van der Waals surface area contributed by atoms with Crippen molar-refractivity contribution in [2.45, 2.75) is 39.7 Å². The highest BCUT2D eigenvalue weighted by atomic mass is 16.4. The summed E-state index contributed by atoms with van der Waals surface area (Å²) in [4.78, 5) is 0. The summed E-state index contributed by atoms with van der Waals surface area (Å²) in [6, 6.07) is 2.33. The number of nitrogens with zero attached hydrogens (tertiary/aromatic N) is 2. The molecule has 2 aromatic rings. The fraction of sp³-hybridized carbons (Fsp3) is 0.538. The van der Waals surface area contributed by atoms with Gasteiger partial charge < -0.3 is 14.2 Å². The fourth-order valence-electron chi connectivity index (χ4n) is 1.74. The van der Waals surface area contributed by atoms with E-state index in [0.717, 1.165) is 30.7 Å². The maximum absolute atomic E-state index is 5.63. The van der Waals surface area contributed by atoms with Crippen molar-refractivity contribution in [1.29, 1.82) is 0 Å². The van der Waals surface area contributed by atoms with Gasteiger partial charge in [-0.2, -0.15) is 0 Å². The van der Waals surface area contributed by atoms with Crippen molar-refractivity contribution in [3.63, 3.8) is 0 Å². The summed E-state index contributed by atoms with van der Waals surface area (Å²) >= 11 is 0. The molecule has 2 heterocycles. The molecule has 0 aromatic carbocycles. The first-order valence-corrected chi connectivity index (χ1v) is 6.33. The zero-order valence-electron chi connectivity index (χ0n) is 11.1. The molecule has 0 amide bonds. The van der Waals surface area contributed by atoms with Crippen molar-refractivity contribution in [1.82, 2.24) is 15.5 Å². The highest BCUT2D eigenvalue weighted by Crippen LogP contribution is 2.23. The SMILES string of the molecule is CCc1occc1-c1nnc(CCNC(C)C)o1. The van der Waals surface area contributed by atoms with Crippen molar-refractivity contribution in [2.24, 2.45) is 0 Å². The van der Waals surface area contributed by atoms with Crippen LogP contribution in [0.5, 0.6) is 0 Å². The van der Waals surface area contributed by atoms with Gasteiger partial charge in [-0.1, -0.05) is 20.8 Å². The normalized spacial score (nSPS) is 11.3. The number of nitrogens with one attached hydrogen (secondary N) is 1. The summed E-state index contributed by atoms with van der Waals surface area (Å²) < 4.78 is 11.0. The number of furan rings is 1. The van der Waals surface area contributed by atoms with E-state index in [-0.39, 0.29) is 0 Å². The fourth-order valence-corrected chi connectivity index (χ4v) is 1.74. The molecule has 98 valence electrons. The van der Waals surface area contributed by atoms with E-state index in [0.29, 0.717) is 17.8 Å². The minimum Gasteiger partial charge on any atom is -0.469 e. The second-order valence-corrected chi connectivity index (χ2v) is 4.47. The van der Waals surface area contributed by atoms with E-state index in [1.54, 1.807) is 6.26 Å². The third kappa shape index (κ3) is 2.98. The smallest absolute Gasteiger partial charge is 0.251 e. The standard InChI is InChI=1S/C13H19N3O2/c1-4-11-10(6-8-17-11)13-16-15-12(18-13)5-7-14-9(2)3/h6,8-9,14H,4-5,7H2,1-3H3. The summed E-state index contributed by atoms with van der Waals surface area (Å²) in [5.41, 5.74) is 0.896. The Bertz CT molecular complexity index is 488. The Kier molecular flexibility index (Phi) is 4.15. The van der Waals surface area contributed by atoms with Gasteiger partial charge in [-0.25, -0.2) is 0 Å². The topological polar surface area (TPSA) is 64.1 Å². The number of hydrogen-bond acceptors (Lipinski definition) is 5. The minimum absolute atomic E-state index is 0.466. The molecule has 0 saturated carbocycles. The second kappa shape index (κ2) is 5.82. The van der Waals surface area contributed by atoms with Crippen LogP contribution in [0.1, 0.15) is 32.4 Å². The predicted octanol–water partition coefficient (Wildman–Crippen LogP) is 2.43. The van der Waals surface area contributed by atoms with Crippen LogP contribution in [0.4, 0.5) is 0 Å². The zero-order chi connectivity index (χ0) is 13.0. The molecule has 0 aliphatic heterocycles. The number of hydrogen-bond donors (Lipinski definition) is 1. The zero-order valence-corrected chi connectivity index (χ0v) is 11.1. The van der Waals surface area contributed by atoms with Crippen molar-refractivity contribution >= 4 is 0 Å². The van der Waals surface area contributed by atoms with Gasteiger partial charge in [0.2, 0.25) is 5.89 Å². The molecule has 0 spiro atoms. The molecule has 0 fully saturated rings. The van der Waals surface area contributed by atoms with Crippen LogP contribution < -0.4 is 5.32 Å². The number of rotatable bonds is 6. The monoisotopic (exact) mass is 249 g/mol. The van der Waals surface area contributed by atoms with Gasteiger partial charge in [0.15, 0.2) is 0 Å². The van der Waals surface area contributed by atoms with Crippen LogP contribution in [0.15, 0.2) is 21.2 Å². The maximum atomic E-state index is 5.63. The summed E-state index contributed by atoms with van der Waals surface area (Å²) in [5.74, 6) is 2.08. The predicted molar refractivity (Wildman–Crippen MR) is 68.2 cm³/mol. The summed E-state index contributed by atoms with van der Waals surface area (Å²) in [6.45, 7) is 7.09. The van der Waals surface area contributed by atoms with Crippen molar-refractivity contribution in [2.75, 3.05) is 6.54 Å². The minimum atomic E-state index is 0.466. The van der Waals surface area contributed by atoms with E-state index in [4.69, 9.17) is 8.83 Å². The Balaban J connectivity index is 2.02. The van der Waals surface area contributed by atoms with E-state index in [9.17, 15) is 0 Å². The third-order valence-electron chi connectivity index (χ3n) is 2.66. The van der Waals surface area contributed by atoms with Gasteiger partial charge in [0, 0.05) is 25.4 Å². The first-order valence-electron chi connectivity index (χ1n) is 6.33. The Morgan fingerprint density at radius 3 is 2.89 bits per heavy atom. The molecular formula is C13H19N3O2. The van der Waals surface area contributed by atoms with Gasteiger partial charge in [-0.15, -0.1) is 10.2 Å². The van der Waals surface area contributed by atoms with Crippen LogP contribution in [-0.4, -0.2) is 22.8 Å². The molecule has 0 unspecified atom stereocenters. The third-order valence-corrected chi connectivity index (χ3v) is 2.66. The summed E-state index contributed by atoms with van der Waals surface area (Å²) in [6.07, 6.45) is 3.21. The largest absolute Gasteiger partial charge is 0.469 e. The van der Waals surface area contributed by atoms with Gasteiger partial charge >= 0.3 is 0 Å². The van der Waals surface area contributed by atoms with E-state index in [1.165, 1.54) is 0 Å². The molecule has 0 radical (unpaired) electrons. The Morgan fingerprint density at radius 1 is 1.33 bits per heavy atom. The molecule has 18 heavy (non-hydrogen) atoms. The average Bonchev–Trinajstić information content (AvgIpc) is 2.95. The Hall–Kier alpha value is -1.62. The molecule has 2 rings (SSSR count). The Labute approximate surface area is 107 Å². The molecule has 5 heteroatoms. The molecule has 0 aliphatic carbocycles. The van der Waals surface area contributed by atoms with E-state index >= 15 is 0 Å². The highest BCUT2D eigenvalue weighted by Gasteiger charge is 2.14. The van der Waals surface area contributed by atoms with Gasteiger partial charge in [0.25, 0.3) is 5.89 Å². The molecule has 5 nitrogen and oxygen atoms in total. The quantitative estimate of drug-likeness (QED) is 0.851. The first kappa shape index (κ1) is 12.8. The molecule has 1 N–H and O–H groups in total. The van der Waals surface area contributed by atoms with Gasteiger partial charge in [-0.05, 0) is 6.07 Å². The number of aromatic nitrogens is 2. The maximum Gasteiger partial charge on any atom is 0.251 e. The second-order valence-electron chi connectivity index (χ2n) is 4.47. The van der Waals surface area contributed by atoms with Crippen LogP contribution in [0.2, 0.25) is 0 Å². The first-order chi connectivity index (χ1) is 8.70. The molecular weight excluding hydrogens is 230 g/mol. The van der Waals surface area contributed by atoms with Crippen LogP contribution >= 0.6 is 0 Å². The highest BCUT2D eigenvalue weighted by molar-refractivity contribution is 5.54. The lowest BCUT2D eigenvalue weighted by molar-refractivity contribution is 0.480. The average molecular weight is 249 g/mol. The van der Waals surface area contributed by atoms with Crippen LogP contribution in [0.25, 0.3) is 11.5 Å². The Morgan fingerprint density at radius 2 is 2.17 bits per heavy atom. The summed E-state index contributed by atoms with van der Waals surface area (Å²) in [7, 11) is 0. The number of aryl methyl sites for hydroxylation is 1. The van der Waals surface area contributed by atoms with Crippen molar-refractivity contribution in [3.05, 3.63) is 24.0 Å². The van der Waals surface area contributed by atoms with Crippen LogP contribution in [-0.2, 0) is 12.8 Å². The van der Waals surface area contributed by atoms with E-state index in [1.807, 2.05) is 13.0 Å². The lowest BCUT2D eigenvalue weighted by Crippen LogP contribution is -2.25. The lowest BCUT2D eigenvalue weighted by atomic mass is 10.2. The van der Waals surface area contributed by atoms with Crippen LogP contribution in [0, 0.1) is 0 Å². The van der Waals surface area contributed by atoms with E-state index in [2.05, 4.69) is 29.4 Å². The van der Waals surface area contributed by atoms with Crippen LogP contribution in [0.3, 0.4) is 0 Å². The molecule has 0 saturated heterocycles. The van der Waals surface area contributed by atoms with E-state index < -0.39 is 0 Å². The molecule has 0 aliphatic rings. The molecule has 2 aromatic heterocycles. The molecule has 0 atom stereocenters. The van der Waals surface area contributed by atoms with Crippen molar-refractivity contribution < 1.29 is 8.83 Å². The van der Waals surface area contributed by atoms with Gasteiger partial charge in [0.05, 0.1) is 11.8 Å². The lowest BCUT2D eigenvalue weighted by Gasteiger charge is -2.04.